The largest absolute Gasteiger partial charge is 0.530 e. The Balaban J connectivity index is 2.22. The second-order valence-corrected chi connectivity index (χ2v) is 7.22. The van der Waals surface area contributed by atoms with Gasteiger partial charge in [0.2, 0.25) is 0 Å². The quantitative estimate of drug-likeness (QED) is 0.826. The number of hydrogen-bond donors (Lipinski definition) is 0. The van der Waals surface area contributed by atoms with Crippen LogP contribution in [0.15, 0.2) is 18.3 Å². The van der Waals surface area contributed by atoms with Crippen LogP contribution in [0.3, 0.4) is 0 Å². The molecule has 0 saturated carbocycles. The fourth-order valence-corrected chi connectivity index (χ4v) is 2.95. The number of carboxylic acid groups (broad SMARTS) is 1. The summed E-state index contributed by atoms with van der Waals surface area (Å²) in [5.74, 6) is 0.210. The first-order valence-electron chi connectivity index (χ1n) is 7.73. The lowest BCUT2D eigenvalue weighted by atomic mass is 9.86. The van der Waals surface area contributed by atoms with Gasteiger partial charge < -0.3 is 19.7 Å². The van der Waals surface area contributed by atoms with Gasteiger partial charge in [0.15, 0.2) is 0 Å². The van der Waals surface area contributed by atoms with Gasteiger partial charge in [-0.2, -0.15) is 13.2 Å². The van der Waals surface area contributed by atoms with Crippen LogP contribution in [0.4, 0.5) is 23.8 Å². The number of pyridine rings is 1. The summed E-state index contributed by atoms with van der Waals surface area (Å²) in [5.41, 5.74) is -0.884. The molecule has 0 aromatic carbocycles. The molecule has 0 bridgehead atoms. The van der Waals surface area contributed by atoms with Gasteiger partial charge in [-0.25, -0.2) is 4.98 Å². The van der Waals surface area contributed by atoms with Crippen molar-refractivity contribution in [1.29, 1.82) is 0 Å². The van der Waals surface area contributed by atoms with Crippen LogP contribution in [0, 0.1) is 5.41 Å². The SMILES string of the molecule is CC(C)(C)CC1CN(c2cc(C(F)(F)F)ccn2)CCN1C(=O)[O-]. The van der Waals surface area contributed by atoms with E-state index in [1.165, 1.54) is 4.90 Å². The number of hydrogen-bond acceptors (Lipinski definition) is 4. The van der Waals surface area contributed by atoms with Crippen LogP contribution in [-0.4, -0.2) is 41.7 Å². The molecule has 24 heavy (non-hydrogen) atoms. The van der Waals surface area contributed by atoms with Crippen molar-refractivity contribution in [2.75, 3.05) is 24.5 Å². The average molecular weight is 344 g/mol. The second-order valence-electron chi connectivity index (χ2n) is 7.22. The zero-order valence-corrected chi connectivity index (χ0v) is 13.9. The predicted octanol–water partition coefficient (Wildman–Crippen LogP) is 2.37. The van der Waals surface area contributed by atoms with E-state index in [4.69, 9.17) is 0 Å². The lowest BCUT2D eigenvalue weighted by Gasteiger charge is -2.45. The Hall–Kier alpha value is -1.99. The molecule has 1 unspecified atom stereocenters. The third kappa shape index (κ3) is 4.52. The van der Waals surface area contributed by atoms with E-state index in [2.05, 4.69) is 4.98 Å². The Kier molecular flexibility index (Phi) is 4.96. The number of carbonyl (C=O) groups excluding carboxylic acids is 1. The molecule has 134 valence electrons. The maximum atomic E-state index is 12.9. The maximum absolute atomic E-state index is 12.9. The minimum Gasteiger partial charge on any atom is -0.530 e. The van der Waals surface area contributed by atoms with Crippen molar-refractivity contribution in [3.05, 3.63) is 23.9 Å². The second kappa shape index (κ2) is 6.49. The van der Waals surface area contributed by atoms with Gasteiger partial charge in [-0.3, -0.25) is 0 Å². The highest BCUT2D eigenvalue weighted by atomic mass is 19.4. The summed E-state index contributed by atoms with van der Waals surface area (Å²) in [6, 6.07) is 1.58. The normalized spacial score (nSPS) is 19.5. The van der Waals surface area contributed by atoms with Crippen molar-refractivity contribution in [2.24, 2.45) is 5.41 Å². The van der Waals surface area contributed by atoms with Crippen molar-refractivity contribution in [1.82, 2.24) is 9.88 Å². The van der Waals surface area contributed by atoms with Crippen LogP contribution < -0.4 is 10.0 Å². The molecule has 0 N–H and O–H groups in total. The summed E-state index contributed by atoms with van der Waals surface area (Å²) in [6.45, 7) is 6.72. The zero-order valence-electron chi connectivity index (χ0n) is 13.9. The molecule has 5 nitrogen and oxygen atoms in total. The van der Waals surface area contributed by atoms with Gasteiger partial charge in [-0.05, 0) is 24.0 Å². The van der Waals surface area contributed by atoms with E-state index < -0.39 is 17.8 Å². The highest BCUT2D eigenvalue weighted by molar-refractivity contribution is 5.63. The molecule has 2 rings (SSSR count). The van der Waals surface area contributed by atoms with E-state index in [-0.39, 0.29) is 30.4 Å². The molecule has 8 heteroatoms. The van der Waals surface area contributed by atoms with E-state index in [0.717, 1.165) is 18.3 Å². The Morgan fingerprint density at radius 2 is 2.00 bits per heavy atom. The summed E-state index contributed by atoms with van der Waals surface area (Å²) in [7, 11) is 0. The minimum absolute atomic E-state index is 0.122. The summed E-state index contributed by atoms with van der Waals surface area (Å²) in [5, 5.41) is 11.3. The fourth-order valence-electron chi connectivity index (χ4n) is 2.95. The van der Waals surface area contributed by atoms with Crippen molar-refractivity contribution < 1.29 is 23.1 Å². The monoisotopic (exact) mass is 344 g/mol. The van der Waals surface area contributed by atoms with Crippen LogP contribution in [0.1, 0.15) is 32.8 Å². The molecule has 2 heterocycles. The third-order valence-corrected chi connectivity index (χ3v) is 3.96. The van der Waals surface area contributed by atoms with E-state index >= 15 is 0 Å². The summed E-state index contributed by atoms with van der Waals surface area (Å²) in [6.07, 6.45) is -3.98. The smallest absolute Gasteiger partial charge is 0.416 e. The van der Waals surface area contributed by atoms with E-state index in [1.807, 2.05) is 20.8 Å². The molecule has 1 atom stereocenters. The van der Waals surface area contributed by atoms with Crippen molar-refractivity contribution >= 4 is 11.9 Å². The number of carbonyl (C=O) groups is 1. The average Bonchev–Trinajstić information content (AvgIpc) is 2.44. The first-order valence-corrected chi connectivity index (χ1v) is 7.73. The Bertz CT molecular complexity index is 599. The van der Waals surface area contributed by atoms with Crippen molar-refractivity contribution in [3.63, 3.8) is 0 Å². The van der Waals surface area contributed by atoms with Gasteiger partial charge in [0.05, 0.1) is 5.56 Å². The Morgan fingerprint density at radius 3 is 2.54 bits per heavy atom. The van der Waals surface area contributed by atoms with E-state index in [0.29, 0.717) is 13.0 Å². The van der Waals surface area contributed by atoms with Crippen LogP contribution >= 0.6 is 0 Å². The number of alkyl halides is 3. The van der Waals surface area contributed by atoms with Crippen LogP contribution in [-0.2, 0) is 6.18 Å². The first kappa shape index (κ1) is 18.4. The molecule has 0 aliphatic carbocycles. The number of aromatic nitrogens is 1. The van der Waals surface area contributed by atoms with Crippen LogP contribution in [0.2, 0.25) is 0 Å². The van der Waals surface area contributed by atoms with E-state index in [9.17, 15) is 23.1 Å². The van der Waals surface area contributed by atoms with Gasteiger partial charge in [0, 0.05) is 31.9 Å². The van der Waals surface area contributed by atoms with Gasteiger partial charge in [0.25, 0.3) is 0 Å². The van der Waals surface area contributed by atoms with Crippen molar-refractivity contribution in [3.8, 4) is 0 Å². The number of piperazine rings is 1. The topological polar surface area (TPSA) is 59.5 Å². The summed E-state index contributed by atoms with van der Waals surface area (Å²) < 4.78 is 38.6. The number of halogens is 3. The fraction of sp³-hybridized carbons (Fsp3) is 0.625. The lowest BCUT2D eigenvalue weighted by Crippen LogP contribution is -2.59. The number of nitrogens with zero attached hydrogens (tertiary/aromatic N) is 3. The molecule has 1 aliphatic rings. The summed E-state index contributed by atoms with van der Waals surface area (Å²) in [4.78, 5) is 18.3. The molecule has 1 aromatic rings. The molecule has 1 saturated heterocycles. The standard InChI is InChI=1S/C16H22F3N3O2/c1-15(2,3)9-12-10-21(6-7-22(12)14(23)24)13-8-11(4-5-20-13)16(17,18)19/h4-5,8,12H,6-7,9-10H2,1-3H3,(H,23,24)/p-1. The first-order chi connectivity index (χ1) is 11.0. The predicted molar refractivity (Wildman–Crippen MR) is 81.4 cm³/mol. The molecule has 1 amide bonds. The Morgan fingerprint density at radius 1 is 1.33 bits per heavy atom. The zero-order chi connectivity index (χ0) is 18.1. The molecule has 1 aliphatic heterocycles. The van der Waals surface area contributed by atoms with E-state index in [1.54, 1.807) is 4.90 Å². The molecule has 0 radical (unpaired) electrons. The molecular weight excluding hydrogens is 323 g/mol. The summed E-state index contributed by atoms with van der Waals surface area (Å²) >= 11 is 0. The molecule has 0 spiro atoms. The Labute approximate surface area is 139 Å². The van der Waals surface area contributed by atoms with Gasteiger partial charge in [-0.1, -0.05) is 20.8 Å². The number of amides is 1. The molecule has 1 fully saturated rings. The van der Waals surface area contributed by atoms with Crippen LogP contribution in [0.5, 0.6) is 0 Å². The van der Waals surface area contributed by atoms with Gasteiger partial charge in [-0.15, -0.1) is 0 Å². The van der Waals surface area contributed by atoms with Gasteiger partial charge >= 0.3 is 6.18 Å². The molecular formula is C16H21F3N3O2-. The van der Waals surface area contributed by atoms with Crippen molar-refractivity contribution in [2.45, 2.75) is 39.4 Å². The highest BCUT2D eigenvalue weighted by Gasteiger charge is 2.34. The minimum atomic E-state index is -4.44. The third-order valence-electron chi connectivity index (χ3n) is 3.96. The highest BCUT2D eigenvalue weighted by Crippen LogP contribution is 2.32. The van der Waals surface area contributed by atoms with Crippen LogP contribution in [0.25, 0.3) is 0 Å². The van der Waals surface area contributed by atoms with Gasteiger partial charge in [0.1, 0.15) is 11.9 Å². The molecule has 1 aromatic heterocycles. The lowest BCUT2D eigenvalue weighted by molar-refractivity contribution is -0.268. The number of rotatable bonds is 2. The maximum Gasteiger partial charge on any atom is 0.416 e. The number of anilines is 1.